The first kappa shape index (κ1) is 13.0. The summed E-state index contributed by atoms with van der Waals surface area (Å²) in [6, 6.07) is 0. The van der Waals surface area contributed by atoms with Gasteiger partial charge in [-0.1, -0.05) is 47.5 Å². The molecule has 0 aliphatic heterocycles. The maximum Gasteiger partial charge on any atom is 0.0650 e. The molecule has 0 aliphatic rings. The first-order chi connectivity index (χ1) is 5.89. The number of aliphatic hydroxyl groups is 1. The van der Waals surface area contributed by atoms with Crippen LogP contribution in [0.5, 0.6) is 0 Å². The third-order valence-electron chi connectivity index (χ3n) is 3.14. The summed E-state index contributed by atoms with van der Waals surface area (Å²) < 4.78 is 0. The van der Waals surface area contributed by atoms with Crippen molar-refractivity contribution in [2.45, 2.75) is 72.3 Å². The van der Waals surface area contributed by atoms with Crippen LogP contribution in [0, 0.1) is 5.41 Å². The van der Waals surface area contributed by atoms with Crippen LogP contribution in [0.4, 0.5) is 0 Å². The van der Waals surface area contributed by atoms with E-state index in [1.165, 1.54) is 0 Å². The summed E-state index contributed by atoms with van der Waals surface area (Å²) in [4.78, 5) is 0. The zero-order valence-corrected chi connectivity index (χ0v) is 9.98. The number of rotatable bonds is 6. The molecule has 0 bridgehead atoms. The van der Waals surface area contributed by atoms with Crippen LogP contribution in [0.1, 0.15) is 66.7 Å². The van der Waals surface area contributed by atoms with Gasteiger partial charge in [-0.2, -0.15) is 0 Å². The van der Waals surface area contributed by atoms with E-state index in [0.29, 0.717) is 0 Å². The van der Waals surface area contributed by atoms with E-state index in [2.05, 4.69) is 34.6 Å². The minimum absolute atomic E-state index is 0.278. The molecule has 0 spiro atoms. The molecule has 0 amide bonds. The fourth-order valence-electron chi connectivity index (χ4n) is 1.87. The van der Waals surface area contributed by atoms with E-state index in [4.69, 9.17) is 0 Å². The van der Waals surface area contributed by atoms with E-state index in [9.17, 15) is 5.11 Å². The molecule has 1 atom stereocenters. The Kier molecular flexibility index (Phi) is 4.98. The van der Waals surface area contributed by atoms with Crippen molar-refractivity contribution in [2.75, 3.05) is 0 Å². The van der Waals surface area contributed by atoms with Crippen LogP contribution < -0.4 is 0 Å². The molecular weight excluding hydrogens is 160 g/mol. The molecule has 0 aromatic rings. The zero-order chi connectivity index (χ0) is 10.5. The smallest absolute Gasteiger partial charge is 0.0650 e. The summed E-state index contributed by atoms with van der Waals surface area (Å²) in [6.07, 6.45) is 4.96. The van der Waals surface area contributed by atoms with Gasteiger partial charge in [0, 0.05) is 0 Å². The van der Waals surface area contributed by atoms with Gasteiger partial charge in [-0.15, -0.1) is 0 Å². The Labute approximate surface area is 83.5 Å². The number of hydrogen-bond acceptors (Lipinski definition) is 1. The van der Waals surface area contributed by atoms with Gasteiger partial charge in [0.25, 0.3) is 0 Å². The Morgan fingerprint density at radius 2 is 1.54 bits per heavy atom. The summed E-state index contributed by atoms with van der Waals surface area (Å²) in [5.41, 5.74) is -0.145. The molecular formula is C12H26O. The predicted octanol–water partition coefficient (Wildman–Crippen LogP) is 3.75. The van der Waals surface area contributed by atoms with Crippen molar-refractivity contribution in [3.8, 4) is 0 Å². The van der Waals surface area contributed by atoms with E-state index in [0.717, 1.165) is 32.1 Å². The van der Waals surface area contributed by atoms with E-state index in [1.807, 2.05) is 0 Å². The minimum atomic E-state index is -0.422. The monoisotopic (exact) mass is 186 g/mol. The Hall–Kier alpha value is -0.0400. The van der Waals surface area contributed by atoms with E-state index < -0.39 is 5.60 Å². The van der Waals surface area contributed by atoms with Crippen LogP contribution in [0.25, 0.3) is 0 Å². The largest absolute Gasteiger partial charge is 0.390 e. The predicted molar refractivity (Wildman–Crippen MR) is 58.8 cm³/mol. The Morgan fingerprint density at radius 3 is 1.85 bits per heavy atom. The molecule has 1 unspecified atom stereocenters. The van der Waals surface area contributed by atoms with Gasteiger partial charge in [-0.05, 0) is 24.7 Å². The van der Waals surface area contributed by atoms with E-state index in [1.54, 1.807) is 0 Å². The fourth-order valence-corrected chi connectivity index (χ4v) is 1.87. The average Bonchev–Trinajstić information content (AvgIpc) is 2.04. The minimum Gasteiger partial charge on any atom is -0.390 e. The van der Waals surface area contributed by atoms with Crippen molar-refractivity contribution < 1.29 is 5.11 Å². The first-order valence-electron chi connectivity index (χ1n) is 5.61. The molecule has 0 radical (unpaired) electrons. The Morgan fingerprint density at radius 1 is 1.00 bits per heavy atom. The highest BCUT2D eigenvalue weighted by Crippen LogP contribution is 2.35. The maximum absolute atomic E-state index is 10.3. The Balaban J connectivity index is 4.25. The molecule has 0 aromatic carbocycles. The molecule has 0 saturated carbocycles. The summed E-state index contributed by atoms with van der Waals surface area (Å²) >= 11 is 0. The van der Waals surface area contributed by atoms with Gasteiger partial charge in [-0.3, -0.25) is 0 Å². The summed E-state index contributed by atoms with van der Waals surface area (Å²) in [7, 11) is 0. The second kappa shape index (κ2) is 4.99. The quantitative estimate of drug-likeness (QED) is 0.669. The van der Waals surface area contributed by atoms with Gasteiger partial charge >= 0.3 is 0 Å². The molecule has 0 aromatic heterocycles. The van der Waals surface area contributed by atoms with Gasteiger partial charge in [0.15, 0.2) is 0 Å². The lowest BCUT2D eigenvalue weighted by Crippen LogP contribution is -2.33. The topological polar surface area (TPSA) is 20.2 Å². The third kappa shape index (κ3) is 4.66. The van der Waals surface area contributed by atoms with Crippen LogP contribution >= 0.6 is 0 Å². The van der Waals surface area contributed by atoms with Crippen LogP contribution in [0.2, 0.25) is 0 Å². The van der Waals surface area contributed by atoms with Gasteiger partial charge in [0.05, 0.1) is 5.60 Å². The summed E-state index contributed by atoms with van der Waals surface area (Å²) in [5.74, 6) is 0. The van der Waals surface area contributed by atoms with Crippen LogP contribution in [0.15, 0.2) is 0 Å². The van der Waals surface area contributed by atoms with Gasteiger partial charge in [0.2, 0.25) is 0 Å². The van der Waals surface area contributed by atoms with Crippen LogP contribution in [-0.2, 0) is 0 Å². The van der Waals surface area contributed by atoms with E-state index >= 15 is 0 Å². The molecule has 0 rings (SSSR count). The second-order valence-corrected chi connectivity index (χ2v) is 5.02. The Bertz CT molecular complexity index is 140. The zero-order valence-electron chi connectivity index (χ0n) is 9.98. The van der Waals surface area contributed by atoms with Crippen molar-refractivity contribution in [3.63, 3.8) is 0 Å². The van der Waals surface area contributed by atoms with Crippen molar-refractivity contribution >= 4 is 0 Å². The van der Waals surface area contributed by atoms with Crippen molar-refractivity contribution in [3.05, 3.63) is 0 Å². The lowest BCUT2D eigenvalue weighted by Gasteiger charge is -2.35. The lowest BCUT2D eigenvalue weighted by atomic mass is 9.75. The highest BCUT2D eigenvalue weighted by Gasteiger charge is 2.30. The fraction of sp³-hybridized carbons (Fsp3) is 1.00. The highest BCUT2D eigenvalue weighted by atomic mass is 16.3. The normalized spacial score (nSPS) is 17.1. The molecule has 0 saturated heterocycles. The first-order valence-corrected chi connectivity index (χ1v) is 5.61. The SMILES string of the molecule is CCCC(O)(CC)CC(C)(C)CC. The van der Waals surface area contributed by atoms with Gasteiger partial charge in [-0.25, -0.2) is 0 Å². The third-order valence-corrected chi connectivity index (χ3v) is 3.14. The van der Waals surface area contributed by atoms with Crippen LogP contribution in [-0.4, -0.2) is 10.7 Å². The summed E-state index contributed by atoms with van der Waals surface area (Å²) in [6.45, 7) is 10.9. The van der Waals surface area contributed by atoms with Gasteiger partial charge in [0.1, 0.15) is 0 Å². The molecule has 0 heterocycles. The molecule has 1 nitrogen and oxygen atoms in total. The molecule has 0 fully saturated rings. The molecule has 1 N–H and O–H groups in total. The second-order valence-electron chi connectivity index (χ2n) is 5.02. The molecule has 0 aliphatic carbocycles. The molecule has 13 heavy (non-hydrogen) atoms. The van der Waals surface area contributed by atoms with Crippen molar-refractivity contribution in [2.24, 2.45) is 5.41 Å². The lowest BCUT2D eigenvalue weighted by molar-refractivity contribution is -0.0147. The summed E-state index contributed by atoms with van der Waals surface area (Å²) in [5, 5.41) is 10.3. The maximum atomic E-state index is 10.3. The standard InChI is InChI=1S/C12H26O/c1-6-9-12(13,8-3)10-11(4,5)7-2/h13H,6-10H2,1-5H3. The molecule has 1 heteroatoms. The van der Waals surface area contributed by atoms with Crippen molar-refractivity contribution in [1.29, 1.82) is 0 Å². The van der Waals surface area contributed by atoms with Crippen LogP contribution in [0.3, 0.4) is 0 Å². The van der Waals surface area contributed by atoms with Crippen molar-refractivity contribution in [1.82, 2.24) is 0 Å². The van der Waals surface area contributed by atoms with Gasteiger partial charge < -0.3 is 5.11 Å². The average molecular weight is 186 g/mol. The molecule has 80 valence electrons. The number of hydrogen-bond donors (Lipinski definition) is 1. The highest BCUT2D eigenvalue weighted by molar-refractivity contribution is 4.83. The van der Waals surface area contributed by atoms with E-state index in [-0.39, 0.29) is 5.41 Å².